The molecule has 0 bridgehead atoms. The Kier molecular flexibility index (Phi) is 5.61. The SMILES string of the molecule is COc1cc(S(C)(=O)=O)cc(-c2ccc(Cl)c(Cl)c2)c1-c1cncc(C#N)c1. The van der Waals surface area contributed by atoms with Crippen molar-refractivity contribution in [2.45, 2.75) is 4.90 Å². The summed E-state index contributed by atoms with van der Waals surface area (Å²) in [5, 5.41) is 9.92. The van der Waals surface area contributed by atoms with Gasteiger partial charge in [-0.3, -0.25) is 4.98 Å². The van der Waals surface area contributed by atoms with Crippen LogP contribution in [0.25, 0.3) is 22.3 Å². The smallest absolute Gasteiger partial charge is 0.175 e. The van der Waals surface area contributed by atoms with Crippen molar-refractivity contribution in [2.24, 2.45) is 0 Å². The molecule has 8 heteroatoms. The number of pyridine rings is 1. The fraction of sp³-hybridized carbons (Fsp3) is 0.100. The monoisotopic (exact) mass is 432 g/mol. The van der Waals surface area contributed by atoms with Gasteiger partial charge in [-0.15, -0.1) is 0 Å². The quantitative estimate of drug-likeness (QED) is 0.578. The average Bonchev–Trinajstić information content (AvgIpc) is 2.68. The lowest BCUT2D eigenvalue weighted by Crippen LogP contribution is -2.01. The predicted molar refractivity (Wildman–Crippen MR) is 110 cm³/mol. The Hall–Kier alpha value is -2.59. The summed E-state index contributed by atoms with van der Waals surface area (Å²) >= 11 is 12.2. The van der Waals surface area contributed by atoms with Gasteiger partial charge in [0.2, 0.25) is 0 Å². The van der Waals surface area contributed by atoms with Gasteiger partial charge in [0.15, 0.2) is 9.84 Å². The molecule has 3 aromatic rings. The van der Waals surface area contributed by atoms with E-state index in [9.17, 15) is 13.7 Å². The van der Waals surface area contributed by atoms with E-state index in [1.54, 1.807) is 36.5 Å². The van der Waals surface area contributed by atoms with Gasteiger partial charge in [-0.2, -0.15) is 5.26 Å². The molecule has 0 radical (unpaired) electrons. The van der Waals surface area contributed by atoms with E-state index < -0.39 is 9.84 Å². The summed E-state index contributed by atoms with van der Waals surface area (Å²) in [5.41, 5.74) is 2.78. The van der Waals surface area contributed by atoms with Crippen molar-refractivity contribution in [3.63, 3.8) is 0 Å². The first-order valence-corrected chi connectivity index (χ1v) is 10.6. The molecule has 0 amide bonds. The number of hydrogen-bond donors (Lipinski definition) is 0. The Morgan fingerprint density at radius 1 is 1.04 bits per heavy atom. The fourth-order valence-corrected chi connectivity index (χ4v) is 3.74. The third-order valence-corrected chi connectivity index (χ3v) is 5.94. The largest absolute Gasteiger partial charge is 0.496 e. The molecular weight excluding hydrogens is 419 g/mol. The molecule has 0 fully saturated rings. The number of nitrogens with zero attached hydrogens (tertiary/aromatic N) is 2. The second kappa shape index (κ2) is 7.80. The van der Waals surface area contributed by atoms with E-state index in [2.05, 4.69) is 4.98 Å². The number of hydrogen-bond acceptors (Lipinski definition) is 5. The van der Waals surface area contributed by atoms with Crippen LogP contribution in [-0.4, -0.2) is 26.8 Å². The van der Waals surface area contributed by atoms with Crippen LogP contribution < -0.4 is 4.74 Å². The zero-order valence-corrected chi connectivity index (χ0v) is 17.2. The van der Waals surface area contributed by atoms with E-state index in [-0.39, 0.29) is 4.90 Å². The first kappa shape index (κ1) is 20.2. The molecule has 0 saturated heterocycles. The van der Waals surface area contributed by atoms with Crippen LogP contribution in [0.2, 0.25) is 10.0 Å². The molecule has 0 aliphatic rings. The number of halogens is 2. The fourth-order valence-electron chi connectivity index (χ4n) is 2.79. The normalized spacial score (nSPS) is 11.1. The van der Waals surface area contributed by atoms with Crippen molar-refractivity contribution in [3.05, 3.63) is 64.4 Å². The zero-order valence-electron chi connectivity index (χ0n) is 14.9. The maximum atomic E-state index is 12.2. The van der Waals surface area contributed by atoms with Crippen LogP contribution in [0.15, 0.2) is 53.7 Å². The highest BCUT2D eigenvalue weighted by atomic mass is 35.5. The molecule has 0 N–H and O–H groups in total. The topological polar surface area (TPSA) is 80.1 Å². The number of nitriles is 1. The van der Waals surface area contributed by atoms with Crippen molar-refractivity contribution >= 4 is 33.0 Å². The number of methoxy groups -OCH3 is 1. The van der Waals surface area contributed by atoms with Crippen LogP contribution in [0.5, 0.6) is 5.75 Å². The van der Waals surface area contributed by atoms with E-state index in [0.717, 1.165) is 6.26 Å². The van der Waals surface area contributed by atoms with Gasteiger partial charge in [-0.1, -0.05) is 29.3 Å². The third-order valence-electron chi connectivity index (χ3n) is 4.11. The second-order valence-electron chi connectivity index (χ2n) is 6.02. The van der Waals surface area contributed by atoms with Crippen LogP contribution in [0.3, 0.4) is 0 Å². The average molecular weight is 433 g/mol. The molecular formula is C20H14Cl2N2O3S. The van der Waals surface area contributed by atoms with Gasteiger partial charge < -0.3 is 4.74 Å². The van der Waals surface area contributed by atoms with Crippen molar-refractivity contribution in [1.82, 2.24) is 4.98 Å². The molecule has 0 spiro atoms. The molecule has 0 saturated carbocycles. The summed E-state index contributed by atoms with van der Waals surface area (Å²) in [6, 6.07) is 11.7. The van der Waals surface area contributed by atoms with Gasteiger partial charge in [0, 0.05) is 29.8 Å². The second-order valence-corrected chi connectivity index (χ2v) is 8.85. The standard InChI is InChI=1S/C20H14Cl2N2O3S/c1-27-19-8-15(28(2,25)26)7-16(13-3-4-17(21)18(22)6-13)20(19)14-5-12(9-23)10-24-11-14/h3-8,10-11H,1-2H3. The Morgan fingerprint density at radius 3 is 2.39 bits per heavy atom. The molecule has 0 atom stereocenters. The zero-order chi connectivity index (χ0) is 20.5. The molecule has 2 aromatic carbocycles. The van der Waals surface area contributed by atoms with Gasteiger partial charge in [0.25, 0.3) is 0 Å². The molecule has 5 nitrogen and oxygen atoms in total. The summed E-state index contributed by atoms with van der Waals surface area (Å²) in [4.78, 5) is 4.20. The van der Waals surface area contributed by atoms with Gasteiger partial charge in [-0.05, 0) is 41.5 Å². The lowest BCUT2D eigenvalue weighted by atomic mass is 9.94. The van der Waals surface area contributed by atoms with E-state index in [4.69, 9.17) is 27.9 Å². The molecule has 142 valence electrons. The van der Waals surface area contributed by atoms with E-state index in [0.29, 0.717) is 43.6 Å². The van der Waals surface area contributed by atoms with Crippen molar-refractivity contribution in [2.75, 3.05) is 13.4 Å². The number of ether oxygens (including phenoxy) is 1. The van der Waals surface area contributed by atoms with Gasteiger partial charge in [0.05, 0.1) is 27.6 Å². The van der Waals surface area contributed by atoms with Gasteiger partial charge >= 0.3 is 0 Å². The first-order valence-electron chi connectivity index (χ1n) is 7.97. The van der Waals surface area contributed by atoms with E-state index in [1.165, 1.54) is 19.4 Å². The molecule has 0 unspecified atom stereocenters. The van der Waals surface area contributed by atoms with Crippen LogP contribution in [0, 0.1) is 11.3 Å². The maximum absolute atomic E-state index is 12.2. The number of sulfone groups is 1. The van der Waals surface area contributed by atoms with Crippen molar-refractivity contribution in [3.8, 4) is 34.1 Å². The summed E-state index contributed by atoms with van der Waals surface area (Å²) in [5.74, 6) is 0.334. The van der Waals surface area contributed by atoms with Crippen LogP contribution in [0.1, 0.15) is 5.56 Å². The highest BCUT2D eigenvalue weighted by molar-refractivity contribution is 7.90. The summed E-state index contributed by atoms with van der Waals surface area (Å²) < 4.78 is 29.9. The van der Waals surface area contributed by atoms with Crippen molar-refractivity contribution < 1.29 is 13.2 Å². The van der Waals surface area contributed by atoms with Gasteiger partial charge in [-0.25, -0.2) is 8.42 Å². The van der Waals surface area contributed by atoms with Gasteiger partial charge in [0.1, 0.15) is 11.8 Å². The van der Waals surface area contributed by atoms with Crippen molar-refractivity contribution in [1.29, 1.82) is 5.26 Å². The molecule has 1 heterocycles. The van der Waals surface area contributed by atoms with E-state index in [1.807, 2.05) is 6.07 Å². The maximum Gasteiger partial charge on any atom is 0.175 e. The number of aromatic nitrogens is 1. The van der Waals surface area contributed by atoms with Crippen LogP contribution >= 0.6 is 23.2 Å². The molecule has 0 aliphatic carbocycles. The minimum absolute atomic E-state index is 0.0959. The minimum atomic E-state index is -3.50. The minimum Gasteiger partial charge on any atom is -0.496 e. The lowest BCUT2D eigenvalue weighted by molar-refractivity contribution is 0.415. The third kappa shape index (κ3) is 3.97. The van der Waals surface area contributed by atoms with Crippen LogP contribution in [0.4, 0.5) is 0 Å². The molecule has 28 heavy (non-hydrogen) atoms. The summed E-state index contributed by atoms with van der Waals surface area (Å²) in [6.07, 6.45) is 4.15. The Bertz CT molecular complexity index is 1220. The lowest BCUT2D eigenvalue weighted by Gasteiger charge is -2.17. The number of rotatable bonds is 4. The predicted octanol–water partition coefficient (Wildman–Crippen LogP) is 5.01. The molecule has 3 rings (SSSR count). The Labute approximate surface area is 173 Å². The summed E-state index contributed by atoms with van der Waals surface area (Å²) in [7, 11) is -2.05. The Morgan fingerprint density at radius 2 is 1.79 bits per heavy atom. The Balaban J connectivity index is 2.42. The van der Waals surface area contributed by atoms with Crippen LogP contribution in [-0.2, 0) is 9.84 Å². The first-order chi connectivity index (χ1) is 13.2. The molecule has 1 aromatic heterocycles. The van der Waals surface area contributed by atoms with E-state index >= 15 is 0 Å². The summed E-state index contributed by atoms with van der Waals surface area (Å²) in [6.45, 7) is 0. The highest BCUT2D eigenvalue weighted by Crippen LogP contribution is 2.42. The number of benzene rings is 2. The molecule has 0 aliphatic heterocycles. The highest BCUT2D eigenvalue weighted by Gasteiger charge is 2.20.